The van der Waals surface area contributed by atoms with E-state index in [1.165, 1.54) is 30.4 Å². The van der Waals surface area contributed by atoms with Gasteiger partial charge in [-0.25, -0.2) is 0 Å². The number of nitrogens with one attached hydrogen (secondary N) is 2. The molecule has 0 saturated carbocycles. The van der Waals surface area contributed by atoms with Gasteiger partial charge in [-0.3, -0.25) is 9.59 Å². The molecular weight excluding hydrogens is 449 g/mol. The molecule has 0 saturated heterocycles. The van der Waals surface area contributed by atoms with Crippen molar-refractivity contribution in [2.45, 2.75) is 25.2 Å². The summed E-state index contributed by atoms with van der Waals surface area (Å²) in [5.41, 5.74) is -1.29. The number of alkyl halides is 3. The van der Waals surface area contributed by atoms with Crippen molar-refractivity contribution in [1.82, 2.24) is 10.6 Å². The largest absolute Gasteiger partial charge is 0.416 e. The van der Waals surface area contributed by atoms with Crippen LogP contribution in [0.1, 0.15) is 33.8 Å². The molecule has 2 unspecified atom stereocenters. The first kappa shape index (κ1) is 21.4. The van der Waals surface area contributed by atoms with Gasteiger partial charge in [-0.2, -0.15) is 13.2 Å². The molecule has 1 aromatic carbocycles. The van der Waals surface area contributed by atoms with Gasteiger partial charge in [0.2, 0.25) is 5.91 Å². The molecule has 2 aromatic rings. The molecule has 0 radical (unpaired) electrons. The smallest absolute Gasteiger partial charge is 0.387 e. The Hall–Kier alpha value is -1.91. The molecule has 10 heteroatoms. The number of aliphatic hydroxyl groups is 1. The van der Waals surface area contributed by atoms with Gasteiger partial charge in [-0.05, 0) is 46.6 Å². The number of amides is 2. The van der Waals surface area contributed by atoms with Crippen molar-refractivity contribution >= 4 is 39.1 Å². The summed E-state index contributed by atoms with van der Waals surface area (Å²) in [7, 11) is 0. The van der Waals surface area contributed by atoms with E-state index in [0.717, 1.165) is 15.9 Å². The average Bonchev–Trinajstić information content (AvgIpc) is 3.05. The van der Waals surface area contributed by atoms with Crippen LogP contribution in [0.15, 0.2) is 40.2 Å². The lowest BCUT2D eigenvalue weighted by Gasteiger charge is -2.19. The summed E-state index contributed by atoms with van der Waals surface area (Å²) in [4.78, 5) is 24.5. The molecule has 0 aliphatic rings. The molecule has 0 fully saturated rings. The summed E-state index contributed by atoms with van der Waals surface area (Å²) in [5, 5.41) is 14.9. The molecule has 0 aliphatic heterocycles. The predicted octanol–water partition coefficient (Wildman–Crippen LogP) is 3.50. The van der Waals surface area contributed by atoms with Gasteiger partial charge in [0.05, 0.1) is 20.3 Å². The van der Waals surface area contributed by atoms with Crippen molar-refractivity contribution in [3.8, 4) is 0 Å². The Morgan fingerprint density at radius 3 is 2.48 bits per heavy atom. The highest BCUT2D eigenvalue weighted by molar-refractivity contribution is 9.11. The zero-order valence-corrected chi connectivity index (χ0v) is 16.4. The summed E-state index contributed by atoms with van der Waals surface area (Å²) in [5.74, 6) is -1.07. The molecule has 1 heterocycles. The second-order valence-electron chi connectivity index (χ2n) is 5.64. The number of aliphatic hydroxyl groups excluding tert-OH is 1. The maximum atomic E-state index is 13.0. The molecule has 0 spiro atoms. The number of thiophene rings is 1. The first-order valence-electron chi connectivity index (χ1n) is 7.77. The molecular formula is C17H16BrF3N2O3S. The van der Waals surface area contributed by atoms with Crippen molar-refractivity contribution in [1.29, 1.82) is 0 Å². The Morgan fingerprint density at radius 1 is 1.22 bits per heavy atom. The molecule has 5 nitrogen and oxygen atoms in total. The molecule has 3 N–H and O–H groups in total. The normalized spacial score (nSPS) is 13.7. The van der Waals surface area contributed by atoms with E-state index < -0.39 is 42.2 Å². The average molecular weight is 465 g/mol. The summed E-state index contributed by atoms with van der Waals surface area (Å²) >= 11 is 4.42. The van der Waals surface area contributed by atoms with Crippen molar-refractivity contribution in [3.05, 3.63) is 56.2 Å². The standard InChI is InChI=1S/C17H16BrF3N2O3S/c1-9(23-16(26)13-6-7-14(18)27-13)15(25)22-8-12(24)10-4-2-3-5-11(10)17(19,20)21/h2-7,9,12,24H,8H2,1H3,(H,22,25)(H,23,26). The Kier molecular flexibility index (Phi) is 7.01. The van der Waals surface area contributed by atoms with Crippen molar-refractivity contribution in [2.24, 2.45) is 0 Å². The van der Waals surface area contributed by atoms with Crippen molar-refractivity contribution < 1.29 is 27.9 Å². The Balaban J connectivity index is 1.94. The zero-order chi connectivity index (χ0) is 20.2. The fraction of sp³-hybridized carbons (Fsp3) is 0.294. The maximum absolute atomic E-state index is 13.0. The van der Waals surface area contributed by atoms with E-state index in [0.29, 0.717) is 4.88 Å². The van der Waals surface area contributed by atoms with Crippen molar-refractivity contribution in [2.75, 3.05) is 6.54 Å². The van der Waals surface area contributed by atoms with Crippen LogP contribution < -0.4 is 10.6 Å². The number of halogens is 4. The van der Waals surface area contributed by atoms with E-state index >= 15 is 0 Å². The highest BCUT2D eigenvalue weighted by Gasteiger charge is 2.34. The highest BCUT2D eigenvalue weighted by atomic mass is 79.9. The maximum Gasteiger partial charge on any atom is 0.416 e. The topological polar surface area (TPSA) is 78.4 Å². The van der Waals surface area contributed by atoms with Gasteiger partial charge in [0, 0.05) is 6.54 Å². The Morgan fingerprint density at radius 2 is 1.89 bits per heavy atom. The fourth-order valence-electron chi connectivity index (χ4n) is 2.28. The summed E-state index contributed by atoms with van der Waals surface area (Å²) in [6, 6.07) is 6.96. The lowest BCUT2D eigenvalue weighted by atomic mass is 10.0. The van der Waals surface area contributed by atoms with Crippen LogP contribution in [0.5, 0.6) is 0 Å². The molecule has 2 atom stereocenters. The Labute approximate surface area is 165 Å². The van der Waals surface area contributed by atoms with Crippen molar-refractivity contribution in [3.63, 3.8) is 0 Å². The number of hydrogen-bond acceptors (Lipinski definition) is 4. The van der Waals surface area contributed by atoms with E-state index in [1.807, 2.05) is 0 Å². The number of carbonyl (C=O) groups is 2. The lowest BCUT2D eigenvalue weighted by Crippen LogP contribution is -2.45. The van der Waals surface area contributed by atoms with E-state index in [9.17, 15) is 27.9 Å². The van der Waals surface area contributed by atoms with Gasteiger partial charge in [0.1, 0.15) is 6.04 Å². The van der Waals surface area contributed by atoms with Crippen LogP contribution >= 0.6 is 27.3 Å². The van der Waals surface area contributed by atoms with Gasteiger partial charge in [0.15, 0.2) is 0 Å². The van der Waals surface area contributed by atoms with Crippen LogP contribution in [-0.2, 0) is 11.0 Å². The highest BCUT2D eigenvalue weighted by Crippen LogP contribution is 2.34. The molecule has 2 rings (SSSR count). The molecule has 0 bridgehead atoms. The third-order valence-electron chi connectivity index (χ3n) is 3.63. The third-order valence-corrected chi connectivity index (χ3v) is 5.26. The number of benzene rings is 1. The van der Waals surface area contributed by atoms with Crippen LogP contribution in [0.2, 0.25) is 0 Å². The number of carbonyl (C=O) groups excluding carboxylic acids is 2. The van der Waals surface area contributed by atoms with Crippen LogP contribution in [0, 0.1) is 0 Å². The van der Waals surface area contributed by atoms with Crippen LogP contribution in [-0.4, -0.2) is 29.5 Å². The summed E-state index contributed by atoms with van der Waals surface area (Å²) in [6.45, 7) is 1.02. The second kappa shape index (κ2) is 8.85. The van der Waals surface area contributed by atoms with Gasteiger partial charge >= 0.3 is 6.18 Å². The van der Waals surface area contributed by atoms with E-state index in [2.05, 4.69) is 26.6 Å². The lowest BCUT2D eigenvalue weighted by molar-refractivity contribution is -0.139. The fourth-order valence-corrected chi connectivity index (χ4v) is 3.56. The van der Waals surface area contributed by atoms with Gasteiger partial charge in [0.25, 0.3) is 5.91 Å². The van der Waals surface area contributed by atoms with E-state index in [4.69, 9.17) is 0 Å². The summed E-state index contributed by atoms with van der Waals surface area (Å²) in [6.07, 6.45) is -6.15. The van der Waals surface area contributed by atoms with Gasteiger partial charge in [-0.1, -0.05) is 18.2 Å². The molecule has 2 amide bonds. The van der Waals surface area contributed by atoms with Gasteiger partial charge < -0.3 is 15.7 Å². The minimum absolute atomic E-state index is 0.328. The first-order valence-corrected chi connectivity index (χ1v) is 9.38. The molecule has 1 aromatic heterocycles. The third kappa shape index (κ3) is 5.78. The number of hydrogen-bond donors (Lipinski definition) is 3. The minimum Gasteiger partial charge on any atom is -0.387 e. The van der Waals surface area contributed by atoms with Crippen LogP contribution in [0.4, 0.5) is 13.2 Å². The number of rotatable bonds is 6. The predicted molar refractivity (Wildman–Crippen MR) is 98.4 cm³/mol. The molecule has 0 aliphatic carbocycles. The minimum atomic E-state index is -4.61. The van der Waals surface area contributed by atoms with E-state index in [-0.39, 0.29) is 5.56 Å². The summed E-state index contributed by atoms with van der Waals surface area (Å²) < 4.78 is 39.7. The molecule has 27 heavy (non-hydrogen) atoms. The van der Waals surface area contributed by atoms with Crippen LogP contribution in [0.25, 0.3) is 0 Å². The monoisotopic (exact) mass is 464 g/mol. The Bertz CT molecular complexity index is 826. The van der Waals surface area contributed by atoms with Crippen LogP contribution in [0.3, 0.4) is 0 Å². The van der Waals surface area contributed by atoms with E-state index in [1.54, 1.807) is 12.1 Å². The SMILES string of the molecule is CC(NC(=O)c1ccc(Br)s1)C(=O)NCC(O)c1ccccc1C(F)(F)F. The van der Waals surface area contributed by atoms with Gasteiger partial charge in [-0.15, -0.1) is 11.3 Å². The first-order chi connectivity index (χ1) is 12.6. The molecule has 146 valence electrons. The zero-order valence-electron chi connectivity index (χ0n) is 14.0. The quantitative estimate of drug-likeness (QED) is 0.612. The second-order valence-corrected chi connectivity index (χ2v) is 8.11.